The van der Waals surface area contributed by atoms with Crippen molar-refractivity contribution in [1.82, 2.24) is 0 Å². The molecule has 0 saturated heterocycles. The van der Waals surface area contributed by atoms with E-state index in [-0.39, 0.29) is 29.9 Å². The predicted octanol–water partition coefficient (Wildman–Crippen LogP) is 5.49. The molecule has 28 heavy (non-hydrogen) atoms. The summed E-state index contributed by atoms with van der Waals surface area (Å²) in [5.41, 5.74) is 2.89. The SMILES string of the molecule is CC(=O)OC1C=C(C)CCC=C(C)CC(OC(=O)c2ccccc2)C1C(C)C. The first-order chi connectivity index (χ1) is 13.3. The second-order valence-electron chi connectivity index (χ2n) is 8.01. The second kappa shape index (κ2) is 10.3. The van der Waals surface area contributed by atoms with Gasteiger partial charge < -0.3 is 9.47 Å². The average Bonchev–Trinajstić information content (AvgIpc) is 2.61. The fourth-order valence-corrected chi connectivity index (χ4v) is 3.78. The zero-order valence-corrected chi connectivity index (χ0v) is 17.6. The number of rotatable bonds is 4. The van der Waals surface area contributed by atoms with Crippen LogP contribution in [0.2, 0.25) is 0 Å². The lowest BCUT2D eigenvalue weighted by molar-refractivity contribution is -0.149. The van der Waals surface area contributed by atoms with Crippen LogP contribution in [0.3, 0.4) is 0 Å². The summed E-state index contributed by atoms with van der Waals surface area (Å²) in [4.78, 5) is 24.6. The molecule has 0 spiro atoms. The number of carbonyl (C=O) groups is 2. The highest BCUT2D eigenvalue weighted by Gasteiger charge is 2.36. The van der Waals surface area contributed by atoms with Crippen molar-refractivity contribution < 1.29 is 19.1 Å². The molecule has 3 unspecified atom stereocenters. The largest absolute Gasteiger partial charge is 0.458 e. The molecular weight excluding hydrogens is 352 g/mol. The van der Waals surface area contributed by atoms with Crippen molar-refractivity contribution in [2.45, 2.75) is 66.1 Å². The van der Waals surface area contributed by atoms with Crippen LogP contribution >= 0.6 is 0 Å². The molecular formula is C24H32O4. The van der Waals surface area contributed by atoms with E-state index in [2.05, 4.69) is 33.8 Å². The Morgan fingerprint density at radius 3 is 2.32 bits per heavy atom. The molecule has 1 aliphatic rings. The van der Waals surface area contributed by atoms with Gasteiger partial charge in [-0.25, -0.2) is 4.79 Å². The Labute approximate surface area is 168 Å². The summed E-state index contributed by atoms with van der Waals surface area (Å²) in [5, 5.41) is 0. The van der Waals surface area contributed by atoms with Crippen LogP contribution in [0.25, 0.3) is 0 Å². The van der Waals surface area contributed by atoms with Gasteiger partial charge in [-0.2, -0.15) is 0 Å². The summed E-state index contributed by atoms with van der Waals surface area (Å²) < 4.78 is 11.7. The van der Waals surface area contributed by atoms with Gasteiger partial charge in [0, 0.05) is 19.3 Å². The van der Waals surface area contributed by atoms with Crippen LogP contribution in [0.1, 0.15) is 64.2 Å². The van der Waals surface area contributed by atoms with Crippen LogP contribution in [-0.4, -0.2) is 24.1 Å². The lowest BCUT2D eigenvalue weighted by Gasteiger charge is -2.35. The number of ether oxygens (including phenoxy) is 2. The first-order valence-electron chi connectivity index (χ1n) is 10.0. The summed E-state index contributed by atoms with van der Waals surface area (Å²) >= 11 is 0. The molecule has 4 heteroatoms. The lowest BCUT2D eigenvalue weighted by atomic mass is 9.81. The van der Waals surface area contributed by atoms with Crippen molar-refractivity contribution in [3.8, 4) is 0 Å². The van der Waals surface area contributed by atoms with Gasteiger partial charge in [-0.15, -0.1) is 0 Å². The predicted molar refractivity (Wildman–Crippen MR) is 111 cm³/mol. The summed E-state index contributed by atoms with van der Waals surface area (Å²) in [5.74, 6) is -0.636. The Balaban J connectivity index is 2.40. The van der Waals surface area contributed by atoms with Crippen LogP contribution in [0.15, 0.2) is 53.6 Å². The molecule has 1 aliphatic carbocycles. The fraction of sp³-hybridized carbons (Fsp3) is 0.500. The van der Waals surface area contributed by atoms with Gasteiger partial charge >= 0.3 is 11.9 Å². The molecule has 0 heterocycles. The third kappa shape index (κ3) is 6.36. The van der Waals surface area contributed by atoms with E-state index in [9.17, 15) is 9.59 Å². The van der Waals surface area contributed by atoms with Crippen molar-refractivity contribution in [3.63, 3.8) is 0 Å². The second-order valence-corrected chi connectivity index (χ2v) is 8.01. The maximum Gasteiger partial charge on any atom is 0.338 e. The molecule has 2 rings (SSSR count). The summed E-state index contributed by atoms with van der Waals surface area (Å²) in [6.45, 7) is 9.72. The van der Waals surface area contributed by atoms with E-state index in [0.29, 0.717) is 12.0 Å². The first kappa shape index (κ1) is 21.9. The van der Waals surface area contributed by atoms with Crippen LogP contribution in [0, 0.1) is 11.8 Å². The summed E-state index contributed by atoms with van der Waals surface area (Å²) in [6.07, 6.45) is 5.92. The molecule has 0 amide bonds. The maximum atomic E-state index is 12.8. The van der Waals surface area contributed by atoms with Gasteiger partial charge in [-0.1, -0.05) is 49.3 Å². The average molecular weight is 385 g/mol. The Morgan fingerprint density at radius 2 is 1.71 bits per heavy atom. The molecule has 0 bridgehead atoms. The monoisotopic (exact) mass is 384 g/mol. The molecule has 1 aromatic carbocycles. The van der Waals surface area contributed by atoms with Crippen LogP contribution < -0.4 is 0 Å². The molecule has 0 radical (unpaired) electrons. The highest BCUT2D eigenvalue weighted by Crippen LogP contribution is 2.32. The number of hydrogen-bond donors (Lipinski definition) is 0. The Morgan fingerprint density at radius 1 is 1.04 bits per heavy atom. The highest BCUT2D eigenvalue weighted by atomic mass is 16.6. The van der Waals surface area contributed by atoms with E-state index in [1.807, 2.05) is 24.3 Å². The zero-order chi connectivity index (χ0) is 20.7. The Kier molecular flexibility index (Phi) is 8.04. The van der Waals surface area contributed by atoms with Gasteiger partial charge in [0.1, 0.15) is 12.2 Å². The number of esters is 2. The quantitative estimate of drug-likeness (QED) is 0.509. The van der Waals surface area contributed by atoms with Crippen LogP contribution in [0.5, 0.6) is 0 Å². The summed E-state index contributed by atoms with van der Waals surface area (Å²) in [6, 6.07) is 9.02. The highest BCUT2D eigenvalue weighted by molar-refractivity contribution is 5.89. The number of hydrogen-bond acceptors (Lipinski definition) is 4. The maximum absolute atomic E-state index is 12.8. The molecule has 0 aliphatic heterocycles. The minimum Gasteiger partial charge on any atom is -0.458 e. The zero-order valence-electron chi connectivity index (χ0n) is 17.6. The standard InChI is InChI=1S/C24H32O4/c1-16(2)23-21(27-19(5)25)14-17(3)10-9-11-18(4)15-22(23)28-24(26)20-12-7-6-8-13-20/h6-8,11-14,16,21-23H,9-10,15H2,1-5H3. The molecule has 3 atom stereocenters. The fourth-order valence-electron chi connectivity index (χ4n) is 3.78. The van der Waals surface area contributed by atoms with E-state index in [4.69, 9.17) is 9.47 Å². The minimum atomic E-state index is -0.419. The molecule has 0 saturated carbocycles. The van der Waals surface area contributed by atoms with Crippen molar-refractivity contribution in [2.24, 2.45) is 11.8 Å². The normalized spacial score (nSPS) is 23.4. The van der Waals surface area contributed by atoms with E-state index in [1.54, 1.807) is 12.1 Å². The van der Waals surface area contributed by atoms with Gasteiger partial charge in [0.25, 0.3) is 0 Å². The van der Waals surface area contributed by atoms with Crippen LogP contribution in [-0.2, 0) is 14.3 Å². The Bertz CT molecular complexity index is 730. The molecule has 0 aromatic heterocycles. The van der Waals surface area contributed by atoms with E-state index in [0.717, 1.165) is 12.8 Å². The lowest BCUT2D eigenvalue weighted by Crippen LogP contribution is -2.40. The number of benzene rings is 1. The van der Waals surface area contributed by atoms with Crippen molar-refractivity contribution >= 4 is 11.9 Å². The van der Waals surface area contributed by atoms with E-state index >= 15 is 0 Å². The number of carbonyl (C=O) groups excluding carboxylic acids is 2. The van der Waals surface area contributed by atoms with Gasteiger partial charge in [0.2, 0.25) is 0 Å². The van der Waals surface area contributed by atoms with Gasteiger partial charge in [-0.3, -0.25) is 4.79 Å². The first-order valence-corrected chi connectivity index (χ1v) is 10.0. The molecule has 0 fully saturated rings. The summed E-state index contributed by atoms with van der Waals surface area (Å²) in [7, 11) is 0. The van der Waals surface area contributed by atoms with Crippen LogP contribution in [0.4, 0.5) is 0 Å². The van der Waals surface area contributed by atoms with Gasteiger partial charge in [-0.05, 0) is 50.8 Å². The topological polar surface area (TPSA) is 52.6 Å². The van der Waals surface area contributed by atoms with Crippen molar-refractivity contribution in [3.05, 3.63) is 59.2 Å². The van der Waals surface area contributed by atoms with Gasteiger partial charge in [0.05, 0.1) is 5.56 Å². The third-order valence-electron chi connectivity index (χ3n) is 5.15. The van der Waals surface area contributed by atoms with Crippen molar-refractivity contribution in [2.75, 3.05) is 0 Å². The smallest absolute Gasteiger partial charge is 0.338 e. The molecule has 4 nitrogen and oxygen atoms in total. The molecule has 152 valence electrons. The third-order valence-corrected chi connectivity index (χ3v) is 5.15. The van der Waals surface area contributed by atoms with Crippen molar-refractivity contribution in [1.29, 1.82) is 0 Å². The minimum absolute atomic E-state index is 0.132. The van der Waals surface area contributed by atoms with E-state index < -0.39 is 6.10 Å². The Hall–Kier alpha value is -2.36. The van der Waals surface area contributed by atoms with Gasteiger partial charge in [0.15, 0.2) is 0 Å². The van der Waals surface area contributed by atoms with E-state index in [1.165, 1.54) is 18.1 Å². The molecule has 1 aromatic rings. The molecule has 0 N–H and O–H groups in total. The number of allylic oxidation sites excluding steroid dienone is 2.